The molecular weight excluding hydrogens is 397 g/mol. The van der Waals surface area contributed by atoms with Gasteiger partial charge in [0.2, 0.25) is 5.96 Å². The molecule has 0 radical (unpaired) electrons. The van der Waals surface area contributed by atoms with Gasteiger partial charge in [-0.15, -0.1) is 11.3 Å². The van der Waals surface area contributed by atoms with Crippen LogP contribution in [0, 0.1) is 11.5 Å². The topological polar surface area (TPSA) is 141 Å². The number of sulfonamides is 1. The number of thiophene rings is 1. The fraction of sp³-hybridized carbons (Fsp3) is 0. The van der Waals surface area contributed by atoms with Crippen molar-refractivity contribution in [2.75, 3.05) is 5.32 Å². The number of aliphatic imine (C=N–C) groups is 1. The van der Waals surface area contributed by atoms with Gasteiger partial charge < -0.3 is 10.4 Å². The zero-order valence-corrected chi connectivity index (χ0v) is 14.8. The molecular formula is C12H9Cl2N5O3S2. The minimum absolute atomic E-state index is 0.00340. The van der Waals surface area contributed by atoms with Gasteiger partial charge in [-0.1, -0.05) is 29.3 Å². The number of hydrogen-bond donors (Lipinski definition) is 4. The van der Waals surface area contributed by atoms with E-state index >= 15 is 0 Å². The largest absolute Gasteiger partial charge is 0.504 e. The van der Waals surface area contributed by atoms with Crippen LogP contribution in [0.1, 0.15) is 0 Å². The second kappa shape index (κ2) is 7.25. The Labute approximate surface area is 151 Å². The number of nitrogens with zero attached hydrogens (tertiary/aromatic N) is 2. The maximum atomic E-state index is 11.3. The van der Waals surface area contributed by atoms with E-state index in [0.29, 0.717) is 11.3 Å². The predicted octanol–water partition coefficient (Wildman–Crippen LogP) is 2.58. The van der Waals surface area contributed by atoms with Crippen molar-refractivity contribution in [1.82, 2.24) is 5.32 Å². The van der Waals surface area contributed by atoms with Crippen molar-refractivity contribution in [3.05, 3.63) is 33.6 Å². The highest BCUT2D eigenvalue weighted by Gasteiger charge is 2.20. The highest BCUT2D eigenvalue weighted by Crippen LogP contribution is 2.37. The highest BCUT2D eigenvalue weighted by atomic mass is 35.5. The number of nitriles is 1. The monoisotopic (exact) mass is 405 g/mol. The maximum Gasteiger partial charge on any atom is 0.251 e. The van der Waals surface area contributed by atoms with Crippen molar-refractivity contribution in [2.24, 2.45) is 10.1 Å². The molecule has 0 saturated heterocycles. The zero-order chi connectivity index (χ0) is 17.9. The Morgan fingerprint density at radius 3 is 2.71 bits per heavy atom. The number of guanidine groups is 1. The van der Waals surface area contributed by atoms with E-state index < -0.39 is 20.0 Å². The average Bonchev–Trinajstić information content (AvgIpc) is 2.85. The molecule has 0 atom stereocenters. The first-order valence-electron chi connectivity index (χ1n) is 6.02. The summed E-state index contributed by atoms with van der Waals surface area (Å²) >= 11 is 12.6. The van der Waals surface area contributed by atoms with Crippen LogP contribution in [0.4, 0.5) is 11.4 Å². The smallest absolute Gasteiger partial charge is 0.251 e. The van der Waals surface area contributed by atoms with Gasteiger partial charge in [0.25, 0.3) is 10.0 Å². The number of benzene rings is 1. The molecule has 1 aromatic carbocycles. The van der Waals surface area contributed by atoms with E-state index in [-0.39, 0.29) is 27.4 Å². The normalized spacial score (nSPS) is 11.8. The van der Waals surface area contributed by atoms with Crippen LogP contribution in [-0.2, 0) is 10.0 Å². The minimum Gasteiger partial charge on any atom is -0.504 e. The molecule has 0 fully saturated rings. The van der Waals surface area contributed by atoms with Crippen molar-refractivity contribution in [1.29, 1.82) is 5.26 Å². The highest BCUT2D eigenvalue weighted by molar-refractivity contribution is 7.91. The lowest BCUT2D eigenvalue weighted by Crippen LogP contribution is -2.26. The van der Waals surface area contributed by atoms with Crippen LogP contribution in [0.3, 0.4) is 0 Å². The molecule has 0 amide bonds. The second-order valence-electron chi connectivity index (χ2n) is 4.23. The predicted molar refractivity (Wildman–Crippen MR) is 93.3 cm³/mol. The lowest BCUT2D eigenvalue weighted by atomic mass is 10.3. The van der Waals surface area contributed by atoms with Crippen molar-refractivity contribution >= 4 is 61.9 Å². The maximum absolute atomic E-state index is 11.3. The molecule has 0 unspecified atom stereocenters. The molecule has 8 nitrogen and oxygen atoms in total. The molecule has 0 aliphatic rings. The van der Waals surface area contributed by atoms with Crippen LogP contribution in [0.25, 0.3) is 0 Å². The summed E-state index contributed by atoms with van der Waals surface area (Å²) in [5.74, 6) is -0.678. The molecule has 0 spiro atoms. The zero-order valence-electron chi connectivity index (χ0n) is 11.6. The lowest BCUT2D eigenvalue weighted by Gasteiger charge is -2.08. The van der Waals surface area contributed by atoms with Crippen LogP contribution >= 0.6 is 34.5 Å². The molecule has 0 aliphatic carbocycles. The van der Waals surface area contributed by atoms with Crippen molar-refractivity contribution < 1.29 is 13.5 Å². The van der Waals surface area contributed by atoms with Gasteiger partial charge in [0, 0.05) is 5.38 Å². The summed E-state index contributed by atoms with van der Waals surface area (Å²) in [6.07, 6.45) is 1.66. The minimum atomic E-state index is -4.07. The summed E-state index contributed by atoms with van der Waals surface area (Å²) in [6, 6.07) is 4.73. The standard InChI is InChI=1S/C12H9Cl2N5O3S2/c13-6-2-1-3-7(9(6)14)18-12(17-5-15)19-8-4-23-11(10(8)20)24(16,21)22/h1-4,20H,(H2,16,21,22)(H2,17,18,19). The van der Waals surface area contributed by atoms with E-state index in [1.54, 1.807) is 24.4 Å². The summed E-state index contributed by atoms with van der Waals surface area (Å²) in [5, 5.41) is 30.3. The average molecular weight is 406 g/mol. The Bertz CT molecular complexity index is 950. The Morgan fingerprint density at radius 2 is 2.12 bits per heavy atom. The van der Waals surface area contributed by atoms with Crippen molar-refractivity contribution in [3.63, 3.8) is 0 Å². The number of halogens is 2. The molecule has 0 aliphatic heterocycles. The molecule has 0 bridgehead atoms. The number of rotatable bonds is 3. The third-order valence-corrected chi connectivity index (χ3v) is 5.85. The molecule has 1 heterocycles. The van der Waals surface area contributed by atoms with Gasteiger partial charge in [-0.3, -0.25) is 5.32 Å². The van der Waals surface area contributed by atoms with Gasteiger partial charge in [0.1, 0.15) is 0 Å². The number of nitrogens with two attached hydrogens (primary N) is 1. The van der Waals surface area contributed by atoms with Gasteiger partial charge in [-0.05, 0) is 12.1 Å². The van der Waals surface area contributed by atoms with Gasteiger partial charge in [0.05, 0.1) is 21.4 Å². The lowest BCUT2D eigenvalue weighted by molar-refractivity contribution is 0.466. The number of aromatic hydroxyl groups is 1. The van der Waals surface area contributed by atoms with Crippen LogP contribution < -0.4 is 15.8 Å². The van der Waals surface area contributed by atoms with Crippen LogP contribution in [-0.4, -0.2) is 19.5 Å². The summed E-state index contributed by atoms with van der Waals surface area (Å²) < 4.78 is 22.2. The number of nitrogens with one attached hydrogen (secondary N) is 2. The van der Waals surface area contributed by atoms with Gasteiger partial charge >= 0.3 is 0 Å². The number of hydrogen-bond acceptors (Lipinski definition) is 6. The Hall–Kier alpha value is -2.03. The third-order valence-electron chi connectivity index (χ3n) is 2.58. The van der Waals surface area contributed by atoms with E-state index in [0.717, 1.165) is 0 Å². The Morgan fingerprint density at radius 1 is 1.42 bits per heavy atom. The molecule has 1 aromatic heterocycles. The van der Waals surface area contributed by atoms with Crippen molar-refractivity contribution in [3.8, 4) is 11.9 Å². The quantitative estimate of drug-likeness (QED) is 0.267. The van der Waals surface area contributed by atoms with Crippen molar-refractivity contribution in [2.45, 2.75) is 4.21 Å². The van der Waals surface area contributed by atoms with Gasteiger partial charge in [-0.25, -0.2) is 18.5 Å². The SMILES string of the molecule is N#CNC(=Nc1cccc(Cl)c1Cl)Nc1csc(S(N)(=O)=O)c1O. The molecule has 0 saturated carbocycles. The number of primary sulfonamides is 1. The molecule has 2 rings (SSSR count). The van der Waals surface area contributed by atoms with E-state index in [2.05, 4.69) is 15.6 Å². The summed E-state index contributed by atoms with van der Waals surface area (Å²) in [4.78, 5) is 4.08. The molecule has 126 valence electrons. The number of anilines is 1. The van der Waals surface area contributed by atoms with Crippen LogP contribution in [0.2, 0.25) is 10.0 Å². The first-order valence-corrected chi connectivity index (χ1v) is 9.20. The van der Waals surface area contributed by atoms with Gasteiger partial charge in [-0.2, -0.15) is 5.26 Å². The summed E-state index contributed by atoms with van der Waals surface area (Å²) in [7, 11) is -4.07. The first-order chi connectivity index (χ1) is 11.2. The van der Waals surface area contributed by atoms with Gasteiger partial charge in [0.15, 0.2) is 16.2 Å². The third kappa shape index (κ3) is 4.08. The Balaban J connectivity index is 2.40. The molecule has 24 heavy (non-hydrogen) atoms. The van der Waals surface area contributed by atoms with E-state index in [4.69, 9.17) is 33.6 Å². The van der Waals surface area contributed by atoms with E-state index in [9.17, 15) is 13.5 Å². The molecule has 5 N–H and O–H groups in total. The second-order valence-corrected chi connectivity index (χ2v) is 7.65. The molecule has 2 aromatic rings. The van der Waals surface area contributed by atoms with Crippen LogP contribution in [0.5, 0.6) is 5.75 Å². The van der Waals surface area contributed by atoms with Crippen LogP contribution in [0.15, 0.2) is 32.8 Å². The fourth-order valence-electron chi connectivity index (χ4n) is 1.59. The summed E-state index contributed by atoms with van der Waals surface area (Å²) in [6.45, 7) is 0. The Kier molecular flexibility index (Phi) is 5.53. The van der Waals surface area contributed by atoms with E-state index in [1.165, 1.54) is 5.38 Å². The van der Waals surface area contributed by atoms with E-state index in [1.807, 2.05) is 0 Å². The first kappa shape index (κ1) is 18.3. The molecule has 12 heteroatoms. The fourth-order valence-corrected chi connectivity index (χ4v) is 3.61. The summed E-state index contributed by atoms with van der Waals surface area (Å²) in [5.41, 5.74) is 0.263.